The van der Waals surface area contributed by atoms with Crippen molar-refractivity contribution in [2.45, 2.75) is 44.2 Å². The molecule has 1 N–H and O–H groups in total. The molecule has 1 aromatic carbocycles. The molecule has 0 atom stereocenters. The Hall–Kier alpha value is -2.21. The van der Waals surface area contributed by atoms with Crippen LogP contribution < -0.4 is 5.32 Å². The average molecular weight is 357 g/mol. The summed E-state index contributed by atoms with van der Waals surface area (Å²) in [5.74, 6) is -0.0158. The van der Waals surface area contributed by atoms with E-state index < -0.39 is 0 Å². The van der Waals surface area contributed by atoms with Crippen molar-refractivity contribution in [2.24, 2.45) is 0 Å². The molecule has 2 amide bonds. The number of nitrogens with one attached hydrogen (secondary N) is 1. The van der Waals surface area contributed by atoms with E-state index in [1.807, 2.05) is 36.2 Å². The Morgan fingerprint density at radius 2 is 2.04 bits per heavy atom. The summed E-state index contributed by atoms with van der Waals surface area (Å²) in [5, 5.41) is 4.02. The minimum atomic E-state index is -0.122. The first-order chi connectivity index (χ1) is 12.1. The maximum Gasteiger partial charge on any atom is 0.243 e. The van der Waals surface area contributed by atoms with E-state index in [0.29, 0.717) is 6.42 Å². The molecule has 0 unspecified atom stereocenters. The van der Waals surface area contributed by atoms with Crippen molar-refractivity contribution in [3.05, 3.63) is 42.6 Å². The first-order valence-electron chi connectivity index (χ1n) is 8.60. The van der Waals surface area contributed by atoms with Gasteiger partial charge in [0.2, 0.25) is 11.8 Å². The van der Waals surface area contributed by atoms with Crippen LogP contribution in [0.25, 0.3) is 10.1 Å². The summed E-state index contributed by atoms with van der Waals surface area (Å²) in [6, 6.07) is 8.44. The predicted molar refractivity (Wildman–Crippen MR) is 100 cm³/mol. The van der Waals surface area contributed by atoms with Crippen LogP contribution in [0.3, 0.4) is 0 Å². The molecule has 0 saturated heterocycles. The first-order valence-corrected chi connectivity index (χ1v) is 9.37. The van der Waals surface area contributed by atoms with Crippen molar-refractivity contribution >= 4 is 33.4 Å². The van der Waals surface area contributed by atoms with Crippen LogP contribution in [0, 0.1) is 0 Å². The summed E-state index contributed by atoms with van der Waals surface area (Å²) in [7, 11) is 1.88. The lowest BCUT2D eigenvalue weighted by molar-refractivity contribution is -0.132. The van der Waals surface area contributed by atoms with E-state index in [0.717, 1.165) is 41.5 Å². The molecular formula is C19H23N3O2S. The minimum Gasteiger partial charge on any atom is -0.350 e. The zero-order valence-electron chi connectivity index (χ0n) is 14.4. The van der Waals surface area contributed by atoms with E-state index in [4.69, 9.17) is 0 Å². The molecule has 5 nitrogen and oxygen atoms in total. The van der Waals surface area contributed by atoms with Gasteiger partial charge in [-0.25, -0.2) is 0 Å². The lowest BCUT2D eigenvalue weighted by Crippen LogP contribution is -2.44. The van der Waals surface area contributed by atoms with E-state index in [1.54, 1.807) is 0 Å². The molecular weight excluding hydrogens is 334 g/mol. The molecule has 0 bridgehead atoms. The molecule has 3 rings (SSSR count). The molecule has 25 heavy (non-hydrogen) atoms. The van der Waals surface area contributed by atoms with Crippen LogP contribution >= 0.6 is 11.5 Å². The van der Waals surface area contributed by atoms with Crippen LogP contribution in [-0.2, 0) is 16.0 Å². The summed E-state index contributed by atoms with van der Waals surface area (Å²) < 4.78 is 5.57. The highest BCUT2D eigenvalue weighted by Gasteiger charge is 2.27. The van der Waals surface area contributed by atoms with Gasteiger partial charge in [0.25, 0.3) is 0 Å². The third kappa shape index (κ3) is 4.07. The van der Waals surface area contributed by atoms with Gasteiger partial charge in [-0.1, -0.05) is 24.8 Å². The zero-order chi connectivity index (χ0) is 17.8. The van der Waals surface area contributed by atoms with Crippen LogP contribution in [0.5, 0.6) is 0 Å². The fraction of sp³-hybridized carbons (Fsp3) is 0.421. The number of carbonyl (C=O) groups is 2. The highest BCUT2D eigenvalue weighted by molar-refractivity contribution is 7.13. The predicted octanol–water partition coefficient (Wildman–Crippen LogP) is 2.91. The Kier molecular flexibility index (Phi) is 5.48. The van der Waals surface area contributed by atoms with Gasteiger partial charge in [0.05, 0.1) is 16.8 Å². The average Bonchev–Trinajstić information content (AvgIpc) is 3.04. The minimum absolute atomic E-state index is 0.106. The lowest BCUT2D eigenvalue weighted by atomic mass is 9.90. The fourth-order valence-electron chi connectivity index (χ4n) is 3.40. The molecule has 1 aliphatic rings. The van der Waals surface area contributed by atoms with Crippen LogP contribution in [0.2, 0.25) is 0 Å². The normalized spacial score (nSPS) is 20.2. The summed E-state index contributed by atoms with van der Waals surface area (Å²) >= 11 is 1.44. The number of aromatic nitrogens is 1. The second kappa shape index (κ2) is 7.78. The zero-order valence-corrected chi connectivity index (χ0v) is 15.2. The third-order valence-corrected chi connectivity index (χ3v) is 5.80. The Labute approximate surface area is 151 Å². The van der Waals surface area contributed by atoms with Crippen molar-refractivity contribution in [2.75, 3.05) is 7.05 Å². The van der Waals surface area contributed by atoms with Gasteiger partial charge in [0, 0.05) is 24.5 Å². The van der Waals surface area contributed by atoms with E-state index >= 15 is 0 Å². The molecule has 132 valence electrons. The van der Waals surface area contributed by atoms with Gasteiger partial charge in [-0.2, -0.15) is 4.37 Å². The Balaban J connectivity index is 1.56. The Morgan fingerprint density at radius 1 is 1.32 bits per heavy atom. The summed E-state index contributed by atoms with van der Waals surface area (Å²) in [4.78, 5) is 25.9. The highest BCUT2D eigenvalue weighted by atomic mass is 32.1. The number of carbonyl (C=O) groups excluding carboxylic acids is 2. The Morgan fingerprint density at radius 3 is 2.76 bits per heavy atom. The SMILES string of the molecule is C=CC(=O)NC1CCC(N(C)C(=O)Cc2nsc3ccccc23)CC1. The van der Waals surface area contributed by atoms with E-state index in [2.05, 4.69) is 16.3 Å². The number of likely N-dealkylation sites (N-methyl/N-ethyl adjacent to an activating group) is 1. The number of benzene rings is 1. The summed E-state index contributed by atoms with van der Waals surface area (Å²) in [5.41, 5.74) is 0.865. The van der Waals surface area contributed by atoms with Crippen LogP contribution in [0.1, 0.15) is 31.4 Å². The first kappa shape index (κ1) is 17.6. The molecule has 1 fully saturated rings. The number of amides is 2. The molecule has 0 radical (unpaired) electrons. The number of hydrogen-bond donors (Lipinski definition) is 1. The number of nitrogens with zero attached hydrogens (tertiary/aromatic N) is 2. The molecule has 0 spiro atoms. The molecule has 1 heterocycles. The van der Waals surface area contributed by atoms with Gasteiger partial charge >= 0.3 is 0 Å². The van der Waals surface area contributed by atoms with Gasteiger partial charge in [0.15, 0.2) is 0 Å². The largest absolute Gasteiger partial charge is 0.350 e. The molecule has 1 aliphatic carbocycles. The van der Waals surface area contributed by atoms with Crippen molar-refractivity contribution < 1.29 is 9.59 Å². The second-order valence-corrected chi connectivity index (χ2v) is 7.33. The molecule has 1 saturated carbocycles. The van der Waals surface area contributed by atoms with Crippen LogP contribution in [-0.4, -0.2) is 40.2 Å². The smallest absolute Gasteiger partial charge is 0.243 e. The number of hydrogen-bond acceptors (Lipinski definition) is 4. The summed E-state index contributed by atoms with van der Waals surface area (Å²) in [6.45, 7) is 3.48. The maximum atomic E-state index is 12.7. The van der Waals surface area contributed by atoms with Gasteiger partial charge < -0.3 is 10.2 Å². The van der Waals surface area contributed by atoms with E-state index in [1.165, 1.54) is 17.6 Å². The van der Waals surface area contributed by atoms with Crippen molar-refractivity contribution in [1.82, 2.24) is 14.6 Å². The second-order valence-electron chi connectivity index (χ2n) is 6.53. The van der Waals surface area contributed by atoms with E-state index in [-0.39, 0.29) is 23.9 Å². The van der Waals surface area contributed by atoms with E-state index in [9.17, 15) is 9.59 Å². The Bertz CT molecular complexity index is 778. The molecule has 2 aromatic rings. The van der Waals surface area contributed by atoms with Gasteiger partial charge in [0.1, 0.15) is 0 Å². The van der Waals surface area contributed by atoms with Gasteiger partial charge in [-0.05, 0) is 49.4 Å². The standard InChI is InChI=1S/C19H23N3O2S/c1-3-18(23)20-13-8-10-14(11-9-13)22(2)19(24)12-16-15-6-4-5-7-17(15)25-21-16/h3-7,13-14H,1,8-12H2,2H3,(H,20,23). The van der Waals surface area contributed by atoms with Crippen molar-refractivity contribution in [3.8, 4) is 0 Å². The molecule has 0 aliphatic heterocycles. The molecule has 6 heteroatoms. The maximum absolute atomic E-state index is 12.7. The summed E-state index contributed by atoms with van der Waals surface area (Å²) in [6.07, 6.45) is 5.24. The number of rotatable bonds is 5. The monoisotopic (exact) mass is 357 g/mol. The van der Waals surface area contributed by atoms with Crippen LogP contribution in [0.15, 0.2) is 36.9 Å². The van der Waals surface area contributed by atoms with Crippen LogP contribution in [0.4, 0.5) is 0 Å². The van der Waals surface area contributed by atoms with Crippen molar-refractivity contribution in [1.29, 1.82) is 0 Å². The molecule has 1 aromatic heterocycles. The topological polar surface area (TPSA) is 62.3 Å². The van der Waals surface area contributed by atoms with Crippen molar-refractivity contribution in [3.63, 3.8) is 0 Å². The van der Waals surface area contributed by atoms with Gasteiger partial charge in [-0.3, -0.25) is 9.59 Å². The fourth-order valence-corrected chi connectivity index (χ4v) is 4.20. The third-order valence-electron chi connectivity index (χ3n) is 4.94. The highest BCUT2D eigenvalue weighted by Crippen LogP contribution is 2.25. The lowest BCUT2D eigenvalue weighted by Gasteiger charge is -2.34. The number of fused-ring (bicyclic) bond motifs is 1. The van der Waals surface area contributed by atoms with Gasteiger partial charge in [-0.15, -0.1) is 0 Å². The quantitative estimate of drug-likeness (QED) is 0.837.